The maximum atomic E-state index is 9.45. The third-order valence-electron chi connectivity index (χ3n) is 8.83. The van der Waals surface area contributed by atoms with E-state index in [-0.39, 0.29) is 86.8 Å². The Morgan fingerprint density at radius 1 is 0.360 bits per heavy atom. The summed E-state index contributed by atoms with van der Waals surface area (Å²) in [4.78, 5) is 14.6. The van der Waals surface area contributed by atoms with Crippen LogP contribution in [0.1, 0.15) is 8.22 Å². The number of benzene rings is 7. The van der Waals surface area contributed by atoms with E-state index < -0.39 is 0 Å². The Morgan fingerprint density at radius 2 is 0.980 bits per heavy atom. The number of hydrogen-bond donors (Lipinski definition) is 0. The van der Waals surface area contributed by atoms with Gasteiger partial charge >= 0.3 is 0 Å². The van der Waals surface area contributed by atoms with Gasteiger partial charge in [-0.05, 0) is 58.6 Å². The molecule has 0 aliphatic rings. The number of nitrogens with zero attached hydrogens (tertiary/aromatic N) is 3. The van der Waals surface area contributed by atoms with Crippen LogP contribution in [0.2, 0.25) is 0 Å². The Kier molecular flexibility index (Phi) is 5.17. The topological polar surface area (TPSA) is 65.0 Å². The Hall–Kier alpha value is -6.85. The van der Waals surface area contributed by atoms with Gasteiger partial charge in [0.1, 0.15) is 22.3 Å². The van der Waals surface area contributed by atoms with E-state index in [9.17, 15) is 5.48 Å². The molecule has 5 heteroatoms. The first kappa shape index (κ1) is 22.7. The van der Waals surface area contributed by atoms with E-state index in [0.717, 1.165) is 21.9 Å². The third-order valence-corrected chi connectivity index (χ3v) is 8.83. The molecule has 0 saturated heterocycles. The van der Waals surface area contributed by atoms with Crippen molar-refractivity contribution in [2.24, 2.45) is 0 Å². The van der Waals surface area contributed by atoms with Crippen molar-refractivity contribution in [2.45, 2.75) is 0 Å². The van der Waals surface area contributed by atoms with Gasteiger partial charge in [0, 0.05) is 32.7 Å². The lowest BCUT2D eigenvalue weighted by atomic mass is 10.0. The molecule has 10 aromatic rings. The number of furan rings is 2. The fourth-order valence-electron chi connectivity index (χ4n) is 6.35. The average molecular weight is 648 g/mol. The summed E-state index contributed by atoms with van der Waals surface area (Å²) in [5, 5.41) is 1.95. The Labute approximate surface area is 295 Å². The molecule has 0 saturated carbocycles. The molecule has 5 nitrogen and oxygen atoms in total. The Balaban J connectivity index is 1.23. The first-order chi connectivity index (χ1) is 27.3. The Bertz CT molecular complexity index is 3200. The highest BCUT2D eigenvalue weighted by Gasteiger charge is 2.19. The van der Waals surface area contributed by atoms with E-state index in [1.54, 1.807) is 24.3 Å². The van der Waals surface area contributed by atoms with Gasteiger partial charge in [0.25, 0.3) is 0 Å². The fourth-order valence-corrected chi connectivity index (χ4v) is 6.35. The van der Waals surface area contributed by atoms with E-state index in [1.807, 2.05) is 103 Å². The molecule has 0 aliphatic carbocycles. The molecule has 0 N–H and O–H groups in total. The van der Waals surface area contributed by atoms with Gasteiger partial charge in [-0.3, -0.25) is 0 Å². The highest BCUT2D eigenvalue weighted by Crippen LogP contribution is 2.38. The zero-order chi connectivity index (χ0) is 38.2. The van der Waals surface area contributed by atoms with Crippen LogP contribution in [0.15, 0.2) is 172 Å². The summed E-state index contributed by atoms with van der Waals surface area (Å²) in [6.45, 7) is 0. The standard InChI is InChI=1S/C45H27N3O2/c1-3-10-28(11-4-1)30-18-20-31(21-19-30)43-46-44(48-45(47-43)37-16-9-15-36-34-14-7-8-17-39(34)50-42(36)37)33-22-24-35-38-26-32(29-12-5-2-6-13-29)23-25-40(38)49-41(35)27-33/h1-27H/i22D,23D,24D,25D,26D,27D. The summed E-state index contributed by atoms with van der Waals surface area (Å²) in [6, 6.07) is 38.5. The number of para-hydroxylation sites is 2. The summed E-state index contributed by atoms with van der Waals surface area (Å²) < 4.78 is 67.4. The maximum Gasteiger partial charge on any atom is 0.167 e. The van der Waals surface area contributed by atoms with Crippen LogP contribution in [0.4, 0.5) is 0 Å². The van der Waals surface area contributed by atoms with Crippen LogP contribution >= 0.6 is 0 Å². The predicted octanol–water partition coefficient (Wildman–Crippen LogP) is 12.0. The van der Waals surface area contributed by atoms with Crippen LogP contribution in [-0.2, 0) is 0 Å². The minimum Gasteiger partial charge on any atom is -0.456 e. The monoisotopic (exact) mass is 647 g/mol. The van der Waals surface area contributed by atoms with Crippen LogP contribution in [0.3, 0.4) is 0 Å². The predicted molar refractivity (Wildman–Crippen MR) is 202 cm³/mol. The van der Waals surface area contributed by atoms with Crippen molar-refractivity contribution in [2.75, 3.05) is 0 Å². The van der Waals surface area contributed by atoms with Crippen LogP contribution in [0.5, 0.6) is 0 Å². The lowest BCUT2D eigenvalue weighted by Crippen LogP contribution is -2.00. The number of rotatable bonds is 5. The second-order valence-corrected chi connectivity index (χ2v) is 11.9. The highest BCUT2D eigenvalue weighted by molar-refractivity contribution is 6.09. The molecule has 3 heterocycles. The van der Waals surface area contributed by atoms with Gasteiger partial charge in [0.2, 0.25) is 0 Å². The molecular formula is C45H27N3O2. The number of fused-ring (bicyclic) bond motifs is 6. The molecule has 0 spiro atoms. The van der Waals surface area contributed by atoms with Crippen molar-refractivity contribution >= 4 is 43.9 Å². The smallest absolute Gasteiger partial charge is 0.167 e. The van der Waals surface area contributed by atoms with Gasteiger partial charge in [0.15, 0.2) is 17.5 Å². The van der Waals surface area contributed by atoms with Crippen LogP contribution in [0, 0.1) is 0 Å². The summed E-state index contributed by atoms with van der Waals surface area (Å²) in [7, 11) is 0. The number of aromatic nitrogens is 3. The van der Waals surface area contributed by atoms with Crippen LogP contribution in [0.25, 0.3) is 100 Å². The van der Waals surface area contributed by atoms with Crippen LogP contribution in [-0.4, -0.2) is 15.0 Å². The van der Waals surface area contributed by atoms with Gasteiger partial charge in [0.05, 0.1) is 13.8 Å². The molecule has 0 radical (unpaired) electrons. The molecular weight excluding hydrogens is 615 g/mol. The molecule has 234 valence electrons. The molecule has 0 bridgehead atoms. The maximum absolute atomic E-state index is 9.45. The molecule has 7 aromatic carbocycles. The van der Waals surface area contributed by atoms with Gasteiger partial charge in [-0.1, -0.05) is 127 Å². The lowest BCUT2D eigenvalue weighted by Gasteiger charge is -2.09. The van der Waals surface area contributed by atoms with E-state index in [4.69, 9.17) is 26.5 Å². The summed E-state index contributed by atoms with van der Waals surface area (Å²) in [5.41, 5.74) is 5.05. The van der Waals surface area contributed by atoms with Crippen molar-refractivity contribution < 1.29 is 17.1 Å². The molecule has 0 atom stereocenters. The van der Waals surface area contributed by atoms with E-state index in [2.05, 4.69) is 0 Å². The first-order valence-corrected chi connectivity index (χ1v) is 16.1. The molecule has 0 aliphatic heterocycles. The van der Waals surface area contributed by atoms with Crippen molar-refractivity contribution in [3.05, 3.63) is 164 Å². The van der Waals surface area contributed by atoms with Crippen molar-refractivity contribution in [3.63, 3.8) is 0 Å². The van der Waals surface area contributed by atoms with E-state index in [0.29, 0.717) is 27.9 Å². The molecule has 10 rings (SSSR count). The minimum atomic E-state index is -0.350. The van der Waals surface area contributed by atoms with Gasteiger partial charge in [-0.2, -0.15) is 0 Å². The summed E-state index contributed by atoms with van der Waals surface area (Å²) >= 11 is 0. The summed E-state index contributed by atoms with van der Waals surface area (Å²) in [6.07, 6.45) is 0. The SMILES string of the molecule is [2H]c1c(-c2ccccc2)c([2H])c2c(oc3c([2H])c(-c4nc(-c5ccc(-c6ccccc6)cc5)nc(-c5cccc6c5oc5ccccc56)n4)c([2H])c([2H])c32)c1[2H]. The quantitative estimate of drug-likeness (QED) is 0.186. The second kappa shape index (κ2) is 11.4. The molecule has 3 aromatic heterocycles. The van der Waals surface area contributed by atoms with E-state index in [1.165, 1.54) is 0 Å². The zero-order valence-electron chi connectivity index (χ0n) is 32.3. The van der Waals surface area contributed by atoms with Crippen molar-refractivity contribution in [1.82, 2.24) is 15.0 Å². The number of hydrogen-bond acceptors (Lipinski definition) is 5. The second-order valence-electron chi connectivity index (χ2n) is 11.9. The minimum absolute atomic E-state index is 0.0283. The molecule has 0 amide bonds. The van der Waals surface area contributed by atoms with Gasteiger partial charge in [-0.15, -0.1) is 0 Å². The van der Waals surface area contributed by atoms with Gasteiger partial charge < -0.3 is 8.83 Å². The Morgan fingerprint density at radius 3 is 1.78 bits per heavy atom. The summed E-state index contributed by atoms with van der Waals surface area (Å²) in [5.74, 6) is 0.491. The highest BCUT2D eigenvalue weighted by atomic mass is 16.3. The molecule has 0 unspecified atom stereocenters. The normalized spacial score (nSPS) is 13.3. The van der Waals surface area contributed by atoms with E-state index >= 15 is 0 Å². The van der Waals surface area contributed by atoms with Crippen molar-refractivity contribution in [3.8, 4) is 56.4 Å². The molecule has 50 heavy (non-hydrogen) atoms. The first-order valence-electron chi connectivity index (χ1n) is 19.1. The average Bonchev–Trinajstić information content (AvgIpc) is 3.83. The third kappa shape index (κ3) is 4.75. The van der Waals surface area contributed by atoms with Gasteiger partial charge in [-0.25, -0.2) is 15.0 Å². The molecule has 0 fully saturated rings. The fraction of sp³-hybridized carbons (Fsp3) is 0. The zero-order valence-corrected chi connectivity index (χ0v) is 26.3. The van der Waals surface area contributed by atoms with Crippen molar-refractivity contribution in [1.29, 1.82) is 0 Å². The largest absolute Gasteiger partial charge is 0.456 e. The lowest BCUT2D eigenvalue weighted by molar-refractivity contribution is 0.668. The van der Waals surface area contributed by atoms with Crippen LogP contribution < -0.4 is 0 Å².